The molecule has 10 heteroatoms. The van der Waals surface area contributed by atoms with E-state index in [0.29, 0.717) is 13.1 Å². The van der Waals surface area contributed by atoms with E-state index in [4.69, 9.17) is 16.3 Å². The van der Waals surface area contributed by atoms with Crippen LogP contribution in [0.1, 0.15) is 46.9 Å². The normalized spacial score (nSPS) is 14.9. The molecule has 1 N–H and O–H groups in total. The predicted octanol–water partition coefficient (Wildman–Crippen LogP) is 3.34. The zero-order valence-electron chi connectivity index (χ0n) is 16.4. The van der Waals surface area contributed by atoms with Crippen molar-refractivity contribution in [3.63, 3.8) is 0 Å². The van der Waals surface area contributed by atoms with Crippen LogP contribution in [-0.4, -0.2) is 49.3 Å². The summed E-state index contributed by atoms with van der Waals surface area (Å²) in [4.78, 5) is 28.6. The Morgan fingerprint density at radius 2 is 1.90 bits per heavy atom. The van der Waals surface area contributed by atoms with Gasteiger partial charge in [0.15, 0.2) is 0 Å². The van der Waals surface area contributed by atoms with Crippen LogP contribution in [0.3, 0.4) is 0 Å². The van der Waals surface area contributed by atoms with Crippen molar-refractivity contribution in [1.29, 1.82) is 0 Å². The molecule has 8 nitrogen and oxygen atoms in total. The topological polar surface area (TPSA) is 106 Å². The minimum Gasteiger partial charge on any atom is -0.462 e. The SMILES string of the molecule is CCOC(=O)c1ccnc(NC(=O)c2cc(S(=O)(=O)N3CCCCC3)ccc2Cl)c1. The van der Waals surface area contributed by atoms with Crippen molar-refractivity contribution >= 4 is 39.3 Å². The van der Waals surface area contributed by atoms with Crippen LogP contribution in [0.4, 0.5) is 5.82 Å². The summed E-state index contributed by atoms with van der Waals surface area (Å²) in [5, 5.41) is 2.65. The summed E-state index contributed by atoms with van der Waals surface area (Å²) < 4.78 is 32.2. The fourth-order valence-electron chi connectivity index (χ4n) is 3.12. The lowest BCUT2D eigenvalue weighted by Crippen LogP contribution is -2.35. The lowest BCUT2D eigenvalue weighted by molar-refractivity contribution is 0.0526. The van der Waals surface area contributed by atoms with Gasteiger partial charge < -0.3 is 10.1 Å². The molecular formula is C20H22ClN3O5S. The Kier molecular flexibility index (Phi) is 7.06. The summed E-state index contributed by atoms with van der Waals surface area (Å²) in [5.74, 6) is -1.06. The van der Waals surface area contributed by atoms with Crippen LogP contribution >= 0.6 is 11.6 Å². The van der Waals surface area contributed by atoms with Gasteiger partial charge in [0.2, 0.25) is 10.0 Å². The lowest BCUT2D eigenvalue weighted by atomic mass is 10.2. The van der Waals surface area contributed by atoms with E-state index in [1.165, 1.54) is 40.8 Å². The van der Waals surface area contributed by atoms with E-state index in [1.807, 2.05) is 0 Å². The number of piperidine rings is 1. The Morgan fingerprint density at radius 1 is 1.17 bits per heavy atom. The Labute approximate surface area is 180 Å². The van der Waals surface area contributed by atoms with Crippen molar-refractivity contribution in [2.75, 3.05) is 25.0 Å². The largest absolute Gasteiger partial charge is 0.462 e. The van der Waals surface area contributed by atoms with Crippen LogP contribution in [0, 0.1) is 0 Å². The van der Waals surface area contributed by atoms with Crippen LogP contribution in [0.5, 0.6) is 0 Å². The minimum absolute atomic E-state index is 0.00177. The standard InChI is InChI=1S/C20H22ClN3O5S/c1-2-29-20(26)14-8-9-22-18(12-14)23-19(25)16-13-15(6-7-17(16)21)30(27,28)24-10-4-3-5-11-24/h6-9,12-13H,2-5,10-11H2,1H3,(H,22,23,25). The Hall–Kier alpha value is -2.49. The van der Waals surface area contributed by atoms with Gasteiger partial charge in [-0.05, 0) is 50.1 Å². The highest BCUT2D eigenvalue weighted by atomic mass is 35.5. The molecule has 1 fully saturated rings. The van der Waals surface area contributed by atoms with Crippen LogP contribution in [-0.2, 0) is 14.8 Å². The molecule has 3 rings (SSSR count). The zero-order valence-corrected chi connectivity index (χ0v) is 18.0. The first-order chi connectivity index (χ1) is 14.3. The van der Waals surface area contributed by atoms with Crippen molar-refractivity contribution in [2.24, 2.45) is 0 Å². The van der Waals surface area contributed by atoms with E-state index in [1.54, 1.807) is 6.92 Å². The summed E-state index contributed by atoms with van der Waals surface area (Å²) in [6.07, 6.45) is 3.98. The molecule has 0 aliphatic carbocycles. The van der Waals surface area contributed by atoms with Gasteiger partial charge in [-0.1, -0.05) is 18.0 Å². The van der Waals surface area contributed by atoms with Gasteiger partial charge >= 0.3 is 5.97 Å². The van der Waals surface area contributed by atoms with Gasteiger partial charge in [-0.2, -0.15) is 4.31 Å². The second-order valence-corrected chi connectivity index (χ2v) is 9.06. The predicted molar refractivity (Wildman–Crippen MR) is 112 cm³/mol. The number of hydrogen-bond acceptors (Lipinski definition) is 6. The molecule has 1 saturated heterocycles. The van der Waals surface area contributed by atoms with E-state index in [0.717, 1.165) is 19.3 Å². The molecule has 0 saturated carbocycles. The first-order valence-corrected chi connectivity index (χ1v) is 11.4. The number of nitrogens with one attached hydrogen (secondary N) is 1. The number of ether oxygens (including phenoxy) is 1. The summed E-state index contributed by atoms with van der Waals surface area (Å²) in [5.41, 5.74) is 0.229. The van der Waals surface area contributed by atoms with Crippen molar-refractivity contribution in [1.82, 2.24) is 9.29 Å². The highest BCUT2D eigenvalue weighted by Gasteiger charge is 2.27. The van der Waals surface area contributed by atoms with Crippen LogP contribution < -0.4 is 5.32 Å². The van der Waals surface area contributed by atoms with Gasteiger partial charge in [0.05, 0.1) is 27.7 Å². The van der Waals surface area contributed by atoms with Crippen LogP contribution in [0.15, 0.2) is 41.4 Å². The highest BCUT2D eigenvalue weighted by Crippen LogP contribution is 2.25. The molecule has 30 heavy (non-hydrogen) atoms. The molecule has 0 bridgehead atoms. The minimum atomic E-state index is -3.71. The van der Waals surface area contributed by atoms with Gasteiger partial charge in [-0.15, -0.1) is 0 Å². The second-order valence-electron chi connectivity index (χ2n) is 6.71. The van der Waals surface area contributed by atoms with Crippen molar-refractivity contribution < 1.29 is 22.7 Å². The number of anilines is 1. The smallest absolute Gasteiger partial charge is 0.338 e. The van der Waals surface area contributed by atoms with Crippen LogP contribution in [0.25, 0.3) is 0 Å². The Balaban J connectivity index is 1.84. The molecule has 2 heterocycles. The van der Waals surface area contributed by atoms with E-state index in [9.17, 15) is 18.0 Å². The molecular weight excluding hydrogens is 430 g/mol. The third kappa shape index (κ3) is 4.97. The number of hydrogen-bond donors (Lipinski definition) is 1. The van der Waals surface area contributed by atoms with Gasteiger partial charge in [0, 0.05) is 19.3 Å². The average molecular weight is 452 g/mol. The quantitative estimate of drug-likeness (QED) is 0.675. The van der Waals surface area contributed by atoms with Crippen molar-refractivity contribution in [2.45, 2.75) is 31.1 Å². The second kappa shape index (κ2) is 9.55. The van der Waals surface area contributed by atoms with Crippen molar-refractivity contribution in [3.05, 3.63) is 52.7 Å². The van der Waals surface area contributed by atoms with Crippen molar-refractivity contribution in [3.8, 4) is 0 Å². The number of aromatic nitrogens is 1. The molecule has 1 aromatic carbocycles. The van der Waals surface area contributed by atoms with E-state index in [-0.39, 0.29) is 33.5 Å². The maximum atomic E-state index is 12.9. The molecule has 2 aromatic rings. The number of carbonyl (C=O) groups is 2. The third-order valence-corrected chi connectivity index (χ3v) is 6.87. The number of amides is 1. The Morgan fingerprint density at radius 3 is 2.60 bits per heavy atom. The van der Waals surface area contributed by atoms with Gasteiger partial charge in [0.25, 0.3) is 5.91 Å². The molecule has 1 aliphatic heterocycles. The lowest BCUT2D eigenvalue weighted by Gasteiger charge is -2.26. The fraction of sp³-hybridized carbons (Fsp3) is 0.350. The molecule has 0 radical (unpaired) electrons. The van der Waals surface area contributed by atoms with Gasteiger partial charge in [0.1, 0.15) is 5.82 Å². The maximum absolute atomic E-state index is 12.9. The van der Waals surface area contributed by atoms with E-state index in [2.05, 4.69) is 10.3 Å². The number of benzene rings is 1. The first kappa shape index (κ1) is 22.2. The molecule has 0 spiro atoms. The summed E-state index contributed by atoms with van der Waals surface area (Å²) >= 11 is 6.15. The summed E-state index contributed by atoms with van der Waals surface area (Å²) in [7, 11) is -3.71. The first-order valence-electron chi connectivity index (χ1n) is 9.57. The fourth-order valence-corrected chi connectivity index (χ4v) is 4.86. The van der Waals surface area contributed by atoms with Crippen LogP contribution in [0.2, 0.25) is 5.02 Å². The number of pyridine rings is 1. The third-order valence-electron chi connectivity index (χ3n) is 4.65. The Bertz CT molecular complexity index is 1050. The van der Waals surface area contributed by atoms with Gasteiger partial charge in [-0.3, -0.25) is 4.79 Å². The summed E-state index contributed by atoms with van der Waals surface area (Å²) in [6, 6.07) is 6.87. The van der Waals surface area contributed by atoms with Gasteiger partial charge in [-0.25, -0.2) is 18.2 Å². The molecule has 1 amide bonds. The maximum Gasteiger partial charge on any atom is 0.338 e. The monoisotopic (exact) mass is 451 g/mol. The molecule has 0 atom stereocenters. The number of rotatable bonds is 6. The highest BCUT2D eigenvalue weighted by molar-refractivity contribution is 7.89. The number of sulfonamides is 1. The molecule has 1 aromatic heterocycles. The summed E-state index contributed by atoms with van der Waals surface area (Å²) in [6.45, 7) is 2.82. The number of esters is 1. The van der Waals surface area contributed by atoms with E-state index < -0.39 is 21.9 Å². The zero-order chi connectivity index (χ0) is 21.7. The molecule has 1 aliphatic rings. The number of carbonyl (C=O) groups excluding carboxylic acids is 2. The van der Waals surface area contributed by atoms with E-state index >= 15 is 0 Å². The number of halogens is 1. The molecule has 160 valence electrons. The molecule has 0 unspecified atom stereocenters. The average Bonchev–Trinajstić information content (AvgIpc) is 2.75. The number of nitrogens with zero attached hydrogens (tertiary/aromatic N) is 2.